The van der Waals surface area contributed by atoms with E-state index in [-0.39, 0.29) is 11.3 Å². The van der Waals surface area contributed by atoms with Crippen molar-refractivity contribution in [1.29, 1.82) is 0 Å². The minimum absolute atomic E-state index is 0.180. The molecular weight excluding hydrogens is 372 g/mol. The number of nitrogens with one attached hydrogen (secondary N) is 2. The Morgan fingerprint density at radius 3 is 2.44 bits per heavy atom. The topological polar surface area (TPSA) is 76.7 Å². The summed E-state index contributed by atoms with van der Waals surface area (Å²) in [5.41, 5.74) is -0.280. The van der Waals surface area contributed by atoms with Gasteiger partial charge in [0, 0.05) is 11.3 Å². The lowest BCUT2D eigenvalue weighted by Gasteiger charge is -2.30. The molecule has 3 amide bonds. The van der Waals surface area contributed by atoms with E-state index >= 15 is 0 Å². The fourth-order valence-corrected chi connectivity index (χ4v) is 2.44. The number of carbonyl (C=O) groups is 2. The Kier molecular flexibility index (Phi) is 4.52. The highest BCUT2D eigenvalue weighted by atomic mass is 19.3. The Labute approximate surface area is 150 Å². The van der Waals surface area contributed by atoms with Crippen molar-refractivity contribution in [1.82, 2.24) is 5.32 Å². The molecule has 2 N–H and O–H groups in total. The Balaban J connectivity index is 1.74. The Morgan fingerprint density at radius 1 is 1.04 bits per heavy atom. The van der Waals surface area contributed by atoms with Gasteiger partial charge in [-0.1, -0.05) is 18.2 Å². The third-order valence-electron chi connectivity index (χ3n) is 3.64. The molecule has 0 aromatic heterocycles. The van der Waals surface area contributed by atoms with Gasteiger partial charge >= 0.3 is 18.4 Å². The molecule has 2 aromatic rings. The van der Waals surface area contributed by atoms with Crippen LogP contribution in [0.15, 0.2) is 42.5 Å². The zero-order valence-corrected chi connectivity index (χ0v) is 13.7. The molecule has 1 aliphatic rings. The zero-order valence-electron chi connectivity index (χ0n) is 13.7. The normalized spacial score (nSPS) is 16.6. The van der Waals surface area contributed by atoms with Crippen LogP contribution in [0.3, 0.4) is 0 Å². The van der Waals surface area contributed by atoms with Gasteiger partial charge < -0.3 is 10.1 Å². The third kappa shape index (κ3) is 4.00. The van der Waals surface area contributed by atoms with E-state index in [2.05, 4.69) is 14.8 Å². The lowest BCUT2D eigenvalue weighted by atomic mass is 10.1. The van der Waals surface area contributed by atoms with Crippen molar-refractivity contribution >= 4 is 17.6 Å². The number of hydrogen-bond acceptors (Lipinski definition) is 4. The Hall–Kier alpha value is -3.14. The lowest BCUT2D eigenvalue weighted by Crippen LogP contribution is -2.41. The molecule has 1 aliphatic heterocycles. The molecule has 0 radical (unpaired) electrons. The number of halogens is 4. The number of rotatable bonds is 2. The van der Waals surface area contributed by atoms with Crippen molar-refractivity contribution in [3.63, 3.8) is 0 Å². The van der Waals surface area contributed by atoms with Crippen molar-refractivity contribution < 1.29 is 36.6 Å². The predicted octanol–water partition coefficient (Wildman–Crippen LogP) is 3.97. The molecule has 0 saturated heterocycles. The molecule has 2 aromatic carbocycles. The van der Waals surface area contributed by atoms with Gasteiger partial charge in [0.25, 0.3) is 5.91 Å². The number of imide groups is 1. The largest absolute Gasteiger partial charge is 0.540 e. The van der Waals surface area contributed by atoms with E-state index in [1.165, 1.54) is 6.07 Å². The lowest BCUT2D eigenvalue weighted by molar-refractivity contribution is -0.461. The SMILES string of the molecule is Cc1ccccc1C(=O)NC(=O)Nc1ccc2c(c1)C(F)(F)OC(F)(F)O2. The summed E-state index contributed by atoms with van der Waals surface area (Å²) in [5.74, 6) is -1.49. The van der Waals surface area contributed by atoms with E-state index in [9.17, 15) is 27.2 Å². The van der Waals surface area contributed by atoms with Crippen LogP contribution in [0.4, 0.5) is 28.0 Å². The van der Waals surface area contributed by atoms with E-state index in [0.717, 1.165) is 12.1 Å². The van der Waals surface area contributed by atoms with Gasteiger partial charge in [0.1, 0.15) is 5.75 Å². The number of alkyl halides is 4. The van der Waals surface area contributed by atoms with Gasteiger partial charge in [-0.3, -0.25) is 10.1 Å². The number of amides is 3. The third-order valence-corrected chi connectivity index (χ3v) is 3.64. The second-order valence-electron chi connectivity index (χ2n) is 5.62. The highest BCUT2D eigenvalue weighted by Crippen LogP contribution is 2.46. The van der Waals surface area contributed by atoms with Crippen LogP contribution in [0.25, 0.3) is 0 Å². The van der Waals surface area contributed by atoms with Gasteiger partial charge in [-0.2, -0.15) is 8.78 Å². The minimum Gasteiger partial charge on any atom is -0.409 e. The average Bonchev–Trinajstić information content (AvgIpc) is 2.54. The standard InChI is InChI=1S/C17H12F4N2O4/c1-9-4-2-3-5-11(9)14(24)23-15(25)22-10-6-7-13-12(8-10)16(18,19)27-17(20,21)26-13/h2-8H,1H3,(H2,22,23,24,25). The molecule has 0 unspecified atom stereocenters. The van der Waals surface area contributed by atoms with Crippen LogP contribution in [0.1, 0.15) is 21.5 Å². The molecule has 0 aliphatic carbocycles. The molecule has 10 heteroatoms. The van der Waals surface area contributed by atoms with Crippen molar-refractivity contribution in [2.45, 2.75) is 19.3 Å². The first-order valence-electron chi connectivity index (χ1n) is 7.55. The number of aryl methyl sites for hydroxylation is 1. The van der Waals surface area contributed by atoms with E-state index in [1.54, 1.807) is 25.1 Å². The van der Waals surface area contributed by atoms with E-state index in [1.807, 2.05) is 5.32 Å². The number of benzene rings is 2. The van der Waals surface area contributed by atoms with Gasteiger partial charge in [-0.25, -0.2) is 9.53 Å². The van der Waals surface area contributed by atoms with Gasteiger partial charge in [0.05, 0.1) is 5.56 Å². The van der Waals surface area contributed by atoms with Crippen LogP contribution in [-0.4, -0.2) is 18.2 Å². The smallest absolute Gasteiger partial charge is 0.409 e. The number of ether oxygens (including phenoxy) is 2. The van der Waals surface area contributed by atoms with Crippen LogP contribution in [0.5, 0.6) is 5.75 Å². The van der Waals surface area contributed by atoms with Crippen LogP contribution >= 0.6 is 0 Å². The molecule has 3 rings (SSSR count). The maximum Gasteiger partial charge on any atom is 0.540 e. The van der Waals surface area contributed by atoms with Crippen molar-refractivity contribution in [3.8, 4) is 5.75 Å². The summed E-state index contributed by atoms with van der Waals surface area (Å²) in [6.07, 6.45) is -8.81. The average molecular weight is 384 g/mol. The maximum atomic E-state index is 13.7. The number of urea groups is 1. The molecule has 0 spiro atoms. The molecule has 0 fully saturated rings. The van der Waals surface area contributed by atoms with Gasteiger partial charge in [0.2, 0.25) is 0 Å². The van der Waals surface area contributed by atoms with Crippen LogP contribution < -0.4 is 15.4 Å². The number of anilines is 1. The van der Waals surface area contributed by atoms with E-state index in [0.29, 0.717) is 11.6 Å². The molecular formula is C17H12F4N2O4. The summed E-state index contributed by atoms with van der Waals surface area (Å²) in [4.78, 5) is 24.0. The fourth-order valence-electron chi connectivity index (χ4n) is 2.44. The Bertz CT molecular complexity index is 918. The van der Waals surface area contributed by atoms with Crippen molar-refractivity contribution in [2.24, 2.45) is 0 Å². The first-order chi connectivity index (χ1) is 12.6. The molecule has 1 heterocycles. The van der Waals surface area contributed by atoms with Gasteiger partial charge in [0.15, 0.2) is 0 Å². The van der Waals surface area contributed by atoms with Crippen molar-refractivity contribution in [2.75, 3.05) is 5.32 Å². The molecule has 6 nitrogen and oxygen atoms in total. The molecule has 0 atom stereocenters. The maximum absolute atomic E-state index is 13.7. The highest BCUT2D eigenvalue weighted by molar-refractivity contribution is 6.08. The van der Waals surface area contributed by atoms with Crippen LogP contribution in [0, 0.1) is 6.92 Å². The molecule has 142 valence electrons. The summed E-state index contributed by atoms with van der Waals surface area (Å²) in [6, 6.07) is 8.12. The van der Waals surface area contributed by atoms with Crippen LogP contribution in [0.2, 0.25) is 0 Å². The molecule has 0 saturated carbocycles. The highest BCUT2D eigenvalue weighted by Gasteiger charge is 2.54. The molecule has 0 bridgehead atoms. The van der Waals surface area contributed by atoms with E-state index in [4.69, 9.17) is 0 Å². The summed E-state index contributed by atoms with van der Waals surface area (Å²) in [5, 5.41) is 4.21. The zero-order chi connectivity index (χ0) is 19.8. The van der Waals surface area contributed by atoms with Crippen molar-refractivity contribution in [3.05, 3.63) is 59.2 Å². The van der Waals surface area contributed by atoms with Gasteiger partial charge in [-0.05, 0) is 36.8 Å². The second kappa shape index (κ2) is 6.54. The molecule has 27 heavy (non-hydrogen) atoms. The Morgan fingerprint density at radius 2 is 1.74 bits per heavy atom. The summed E-state index contributed by atoms with van der Waals surface area (Å²) in [7, 11) is 0. The van der Waals surface area contributed by atoms with Crippen LogP contribution in [-0.2, 0) is 10.8 Å². The number of carbonyl (C=O) groups excluding carboxylic acids is 2. The number of fused-ring (bicyclic) bond motifs is 1. The number of hydrogen-bond donors (Lipinski definition) is 2. The monoisotopic (exact) mass is 384 g/mol. The van der Waals surface area contributed by atoms with Gasteiger partial charge in [-0.15, -0.1) is 8.78 Å². The first kappa shape index (κ1) is 18.6. The fraction of sp³-hybridized carbons (Fsp3) is 0.176. The first-order valence-corrected chi connectivity index (χ1v) is 7.55. The summed E-state index contributed by atoms with van der Waals surface area (Å²) in [6.45, 7) is 1.67. The minimum atomic E-state index is -4.48. The van der Waals surface area contributed by atoms with E-state index < -0.39 is 35.7 Å². The second-order valence-corrected chi connectivity index (χ2v) is 5.62. The predicted molar refractivity (Wildman–Crippen MR) is 84.7 cm³/mol. The summed E-state index contributed by atoms with van der Waals surface area (Å²) < 4.78 is 60.8. The quantitative estimate of drug-likeness (QED) is 0.769. The summed E-state index contributed by atoms with van der Waals surface area (Å²) >= 11 is 0.